The van der Waals surface area contributed by atoms with Crippen molar-refractivity contribution in [3.8, 4) is 11.5 Å². The predicted molar refractivity (Wildman–Crippen MR) is 76.2 cm³/mol. The molecular weight excluding hydrogens is 242 g/mol. The van der Waals surface area contributed by atoms with Gasteiger partial charge in [-0.05, 0) is 25.7 Å². The van der Waals surface area contributed by atoms with Crippen LogP contribution in [-0.2, 0) is 4.74 Å². The second-order valence-electron chi connectivity index (χ2n) is 4.97. The maximum absolute atomic E-state index is 5.46. The van der Waals surface area contributed by atoms with Crippen molar-refractivity contribution in [3.05, 3.63) is 18.2 Å². The molecular formula is C15H23NO3. The fourth-order valence-electron chi connectivity index (χ4n) is 2.62. The number of nitrogens with one attached hydrogen (secondary N) is 1. The Hall–Kier alpha value is -1.42. The van der Waals surface area contributed by atoms with Crippen LogP contribution in [-0.4, -0.2) is 33.5 Å². The first-order valence-corrected chi connectivity index (χ1v) is 6.77. The first kappa shape index (κ1) is 14.0. The summed E-state index contributed by atoms with van der Waals surface area (Å²) in [5.41, 5.74) is 1.04. The van der Waals surface area contributed by atoms with E-state index in [1.165, 1.54) is 12.8 Å². The highest BCUT2D eigenvalue weighted by Crippen LogP contribution is 2.29. The average Bonchev–Trinajstić information content (AvgIpc) is 2.47. The molecule has 0 heterocycles. The number of anilines is 1. The highest BCUT2D eigenvalue weighted by atomic mass is 16.5. The Labute approximate surface area is 115 Å². The number of hydrogen-bond acceptors (Lipinski definition) is 4. The Balaban J connectivity index is 2.05. The van der Waals surface area contributed by atoms with Crippen LogP contribution in [0.3, 0.4) is 0 Å². The molecule has 2 unspecified atom stereocenters. The van der Waals surface area contributed by atoms with Crippen LogP contribution in [0.2, 0.25) is 0 Å². The van der Waals surface area contributed by atoms with Crippen LogP contribution in [0, 0.1) is 0 Å². The molecule has 106 valence electrons. The molecule has 0 amide bonds. The minimum absolute atomic E-state index is 0.374. The van der Waals surface area contributed by atoms with Crippen molar-refractivity contribution >= 4 is 5.69 Å². The largest absolute Gasteiger partial charge is 0.497 e. The molecule has 1 aliphatic rings. The first-order chi connectivity index (χ1) is 9.25. The van der Waals surface area contributed by atoms with Gasteiger partial charge in [-0.25, -0.2) is 0 Å². The standard InChI is InChI=1S/C15H23NO3/c1-17-13-6-4-5-11(7-13)16-12-8-14(18-2)10-15(9-12)19-3/h8-11,13,16H,4-7H2,1-3H3. The molecule has 1 N–H and O–H groups in total. The lowest BCUT2D eigenvalue weighted by Crippen LogP contribution is -2.30. The van der Waals surface area contributed by atoms with Crippen LogP contribution >= 0.6 is 0 Å². The van der Waals surface area contributed by atoms with E-state index in [1.807, 2.05) is 18.2 Å². The highest BCUT2D eigenvalue weighted by molar-refractivity contribution is 5.54. The summed E-state index contributed by atoms with van der Waals surface area (Å²) in [5, 5.41) is 3.55. The van der Waals surface area contributed by atoms with Crippen LogP contribution in [0.15, 0.2) is 18.2 Å². The minimum atomic E-state index is 0.374. The van der Waals surface area contributed by atoms with Crippen molar-refractivity contribution in [1.82, 2.24) is 0 Å². The third-order valence-corrected chi connectivity index (χ3v) is 3.68. The Morgan fingerprint density at radius 2 is 1.68 bits per heavy atom. The zero-order valence-electron chi connectivity index (χ0n) is 11.9. The molecule has 0 bridgehead atoms. The van der Waals surface area contributed by atoms with Crippen LogP contribution < -0.4 is 14.8 Å². The van der Waals surface area contributed by atoms with Gasteiger partial charge < -0.3 is 19.5 Å². The van der Waals surface area contributed by atoms with E-state index in [0.29, 0.717) is 12.1 Å². The van der Waals surface area contributed by atoms with Gasteiger partial charge in [-0.2, -0.15) is 0 Å². The molecule has 19 heavy (non-hydrogen) atoms. The third kappa shape index (κ3) is 3.77. The summed E-state index contributed by atoms with van der Waals surface area (Å²) < 4.78 is 16.0. The van der Waals surface area contributed by atoms with Gasteiger partial charge in [-0.3, -0.25) is 0 Å². The highest BCUT2D eigenvalue weighted by Gasteiger charge is 2.21. The second kappa shape index (κ2) is 6.66. The quantitative estimate of drug-likeness (QED) is 0.888. The Kier molecular flexibility index (Phi) is 4.91. The summed E-state index contributed by atoms with van der Waals surface area (Å²) in [7, 11) is 5.13. The van der Waals surface area contributed by atoms with Gasteiger partial charge >= 0.3 is 0 Å². The smallest absolute Gasteiger partial charge is 0.124 e. The van der Waals surface area contributed by atoms with E-state index in [9.17, 15) is 0 Å². The molecule has 1 fully saturated rings. The summed E-state index contributed by atoms with van der Waals surface area (Å²) in [5.74, 6) is 1.61. The van der Waals surface area contributed by atoms with Crippen molar-refractivity contribution in [2.45, 2.75) is 37.8 Å². The van der Waals surface area contributed by atoms with Gasteiger partial charge in [0, 0.05) is 37.0 Å². The topological polar surface area (TPSA) is 39.7 Å². The van der Waals surface area contributed by atoms with Gasteiger partial charge in [0.05, 0.1) is 20.3 Å². The molecule has 0 saturated heterocycles. The van der Waals surface area contributed by atoms with Crippen LogP contribution in [0.4, 0.5) is 5.69 Å². The molecule has 0 aliphatic heterocycles. The van der Waals surface area contributed by atoms with Crippen LogP contribution in [0.1, 0.15) is 25.7 Å². The van der Waals surface area contributed by atoms with Gasteiger partial charge in [0.2, 0.25) is 0 Å². The number of ether oxygens (including phenoxy) is 3. The van der Waals surface area contributed by atoms with E-state index in [-0.39, 0.29) is 0 Å². The van der Waals surface area contributed by atoms with Crippen molar-refractivity contribution in [2.24, 2.45) is 0 Å². The fraction of sp³-hybridized carbons (Fsp3) is 0.600. The second-order valence-corrected chi connectivity index (χ2v) is 4.97. The SMILES string of the molecule is COc1cc(NC2CCCC(OC)C2)cc(OC)c1. The van der Waals surface area contributed by atoms with Gasteiger partial charge in [-0.15, -0.1) is 0 Å². The van der Waals surface area contributed by atoms with Crippen molar-refractivity contribution in [2.75, 3.05) is 26.6 Å². The summed E-state index contributed by atoms with van der Waals surface area (Å²) in [6.07, 6.45) is 4.97. The lowest BCUT2D eigenvalue weighted by Gasteiger charge is -2.29. The fourth-order valence-corrected chi connectivity index (χ4v) is 2.62. The number of methoxy groups -OCH3 is 3. The van der Waals surface area contributed by atoms with Crippen molar-refractivity contribution in [3.63, 3.8) is 0 Å². The Morgan fingerprint density at radius 1 is 1.00 bits per heavy atom. The molecule has 1 aromatic carbocycles. The van der Waals surface area contributed by atoms with Crippen LogP contribution in [0.25, 0.3) is 0 Å². The third-order valence-electron chi connectivity index (χ3n) is 3.68. The number of rotatable bonds is 5. The molecule has 1 aromatic rings. The zero-order valence-corrected chi connectivity index (χ0v) is 11.9. The first-order valence-electron chi connectivity index (χ1n) is 6.77. The van der Waals surface area contributed by atoms with E-state index >= 15 is 0 Å². The zero-order chi connectivity index (χ0) is 13.7. The summed E-state index contributed by atoms with van der Waals surface area (Å²) in [6, 6.07) is 6.33. The lowest BCUT2D eigenvalue weighted by molar-refractivity contribution is 0.0669. The minimum Gasteiger partial charge on any atom is -0.497 e. The van der Waals surface area contributed by atoms with E-state index in [0.717, 1.165) is 30.0 Å². The summed E-state index contributed by atoms with van der Waals surface area (Å²) in [4.78, 5) is 0. The van der Waals surface area contributed by atoms with Gasteiger partial charge in [0.15, 0.2) is 0 Å². The van der Waals surface area contributed by atoms with E-state index in [1.54, 1.807) is 21.3 Å². The van der Waals surface area contributed by atoms with Gasteiger partial charge in [0.1, 0.15) is 11.5 Å². The van der Waals surface area contributed by atoms with E-state index in [2.05, 4.69) is 5.32 Å². The lowest BCUT2D eigenvalue weighted by atomic mass is 9.92. The predicted octanol–water partition coefficient (Wildman–Crippen LogP) is 3.07. The number of benzene rings is 1. The molecule has 4 nitrogen and oxygen atoms in total. The normalized spacial score (nSPS) is 22.9. The molecule has 1 saturated carbocycles. The summed E-state index contributed by atoms with van der Waals surface area (Å²) >= 11 is 0. The Morgan fingerprint density at radius 3 is 2.26 bits per heavy atom. The average molecular weight is 265 g/mol. The maximum atomic E-state index is 5.46. The maximum Gasteiger partial charge on any atom is 0.124 e. The summed E-state index contributed by atoms with van der Waals surface area (Å²) in [6.45, 7) is 0. The molecule has 1 aliphatic carbocycles. The Bertz CT molecular complexity index is 386. The molecule has 2 atom stereocenters. The molecule has 4 heteroatoms. The number of hydrogen-bond donors (Lipinski definition) is 1. The van der Waals surface area contributed by atoms with Gasteiger partial charge in [-0.1, -0.05) is 0 Å². The van der Waals surface area contributed by atoms with E-state index in [4.69, 9.17) is 14.2 Å². The molecule has 0 aromatic heterocycles. The molecule has 0 radical (unpaired) electrons. The van der Waals surface area contributed by atoms with Gasteiger partial charge in [0.25, 0.3) is 0 Å². The van der Waals surface area contributed by atoms with Crippen molar-refractivity contribution in [1.29, 1.82) is 0 Å². The monoisotopic (exact) mass is 265 g/mol. The van der Waals surface area contributed by atoms with Crippen LogP contribution in [0.5, 0.6) is 11.5 Å². The molecule has 0 spiro atoms. The van der Waals surface area contributed by atoms with E-state index < -0.39 is 0 Å². The molecule has 2 rings (SSSR count). The van der Waals surface area contributed by atoms with Crippen molar-refractivity contribution < 1.29 is 14.2 Å².